The van der Waals surface area contributed by atoms with Gasteiger partial charge in [0.25, 0.3) is 0 Å². The third-order valence-corrected chi connectivity index (χ3v) is 1.16. The second-order valence-electron chi connectivity index (χ2n) is 2.25. The van der Waals surface area contributed by atoms with Crippen molar-refractivity contribution in [3.05, 3.63) is 0 Å². The van der Waals surface area contributed by atoms with Crippen molar-refractivity contribution in [3.8, 4) is 0 Å². The molecule has 14 heavy (non-hydrogen) atoms. The smallest absolute Gasteiger partial charge is 0.427 e. The van der Waals surface area contributed by atoms with Crippen LogP contribution in [0.1, 0.15) is 20.8 Å². The van der Waals surface area contributed by atoms with Crippen LogP contribution in [-0.2, 0) is 14.3 Å². The highest BCUT2D eigenvalue weighted by Gasteiger charge is 2.07. The maximum absolute atomic E-state index is 11.0. The second-order valence-corrected chi connectivity index (χ2v) is 2.25. The zero-order valence-corrected chi connectivity index (χ0v) is 8.49. The molecule has 1 N–H and O–H groups in total. The number of rotatable bonds is 4. The maximum atomic E-state index is 11.0. The number of carbonyl (C=O) groups is 2. The lowest BCUT2D eigenvalue weighted by Crippen LogP contribution is -2.23. The van der Waals surface area contributed by atoms with E-state index in [2.05, 4.69) is 14.6 Å². The van der Waals surface area contributed by atoms with E-state index in [-0.39, 0.29) is 18.9 Å². The summed E-state index contributed by atoms with van der Waals surface area (Å²) in [6, 6.07) is 0. The number of nitrogens with one attached hydrogen (secondary N) is 1. The molecule has 0 aliphatic carbocycles. The van der Waals surface area contributed by atoms with Crippen molar-refractivity contribution in [2.75, 3.05) is 13.2 Å². The number of ether oxygens (including phenoxy) is 2. The Morgan fingerprint density at radius 2 is 1.79 bits per heavy atom. The Bertz CT molecular complexity index is 237. The van der Waals surface area contributed by atoms with Gasteiger partial charge in [-0.1, -0.05) is 0 Å². The van der Waals surface area contributed by atoms with Crippen LogP contribution < -0.4 is 5.43 Å². The average molecular weight is 202 g/mol. The van der Waals surface area contributed by atoms with E-state index in [0.717, 1.165) is 0 Å². The molecule has 0 unspecified atom stereocenters. The van der Waals surface area contributed by atoms with E-state index in [1.165, 1.54) is 6.92 Å². The van der Waals surface area contributed by atoms with E-state index in [1.807, 2.05) is 5.43 Å². The Morgan fingerprint density at radius 3 is 2.29 bits per heavy atom. The molecular formula is C8H14N2O4. The summed E-state index contributed by atoms with van der Waals surface area (Å²) in [5.74, 6) is -0.565. The highest BCUT2D eigenvalue weighted by molar-refractivity contribution is 6.35. The molecule has 0 fully saturated rings. The van der Waals surface area contributed by atoms with Crippen LogP contribution >= 0.6 is 0 Å². The molecule has 0 atom stereocenters. The van der Waals surface area contributed by atoms with Crippen molar-refractivity contribution >= 4 is 17.8 Å². The van der Waals surface area contributed by atoms with Gasteiger partial charge in [0.1, 0.15) is 5.71 Å². The van der Waals surface area contributed by atoms with Gasteiger partial charge in [0.05, 0.1) is 13.2 Å². The molecule has 6 heteroatoms. The predicted octanol–water partition coefficient (Wildman–Crippen LogP) is 0.671. The van der Waals surface area contributed by atoms with E-state index in [4.69, 9.17) is 0 Å². The Balaban J connectivity index is 3.98. The fraction of sp³-hybridized carbons (Fsp3) is 0.625. The molecule has 0 aliphatic rings. The van der Waals surface area contributed by atoms with Crippen LogP contribution in [-0.4, -0.2) is 31.0 Å². The molecule has 0 saturated heterocycles. The Labute approximate surface area is 82.3 Å². The summed E-state index contributed by atoms with van der Waals surface area (Å²) in [5.41, 5.74) is 2.12. The first-order valence-electron chi connectivity index (χ1n) is 4.26. The third kappa shape index (κ3) is 5.13. The van der Waals surface area contributed by atoms with Crippen molar-refractivity contribution < 1.29 is 19.1 Å². The van der Waals surface area contributed by atoms with E-state index < -0.39 is 12.1 Å². The maximum Gasteiger partial charge on any atom is 0.427 e. The van der Waals surface area contributed by atoms with Gasteiger partial charge in [0, 0.05) is 0 Å². The fourth-order valence-electron chi connectivity index (χ4n) is 0.574. The molecule has 0 bridgehead atoms. The Kier molecular flexibility index (Phi) is 6.09. The SMILES string of the molecule is CCOC(=O)N/N=C(\C)C(=O)OCC. The number of hydrogen-bond acceptors (Lipinski definition) is 5. The molecule has 6 nitrogen and oxygen atoms in total. The van der Waals surface area contributed by atoms with Gasteiger partial charge in [0.15, 0.2) is 0 Å². The van der Waals surface area contributed by atoms with Crippen LogP contribution in [0.3, 0.4) is 0 Å². The minimum Gasteiger partial charge on any atom is -0.461 e. The molecule has 0 rings (SSSR count). The van der Waals surface area contributed by atoms with Gasteiger partial charge in [-0.2, -0.15) is 5.10 Å². The zero-order valence-electron chi connectivity index (χ0n) is 8.49. The number of carbonyl (C=O) groups excluding carboxylic acids is 2. The molecule has 0 saturated carbocycles. The lowest BCUT2D eigenvalue weighted by molar-refractivity contribution is -0.135. The van der Waals surface area contributed by atoms with Crippen molar-refractivity contribution in [1.82, 2.24) is 5.43 Å². The molecular weight excluding hydrogens is 188 g/mol. The van der Waals surface area contributed by atoms with Crippen molar-refractivity contribution in [2.24, 2.45) is 5.10 Å². The number of hydrazone groups is 1. The number of esters is 1. The normalized spacial score (nSPS) is 10.6. The summed E-state index contributed by atoms with van der Waals surface area (Å²) in [5, 5.41) is 3.48. The first-order chi connectivity index (χ1) is 6.61. The quantitative estimate of drug-likeness (QED) is 0.413. The largest absolute Gasteiger partial charge is 0.461 e. The standard InChI is InChI=1S/C8H14N2O4/c1-4-13-7(11)6(3)9-10-8(12)14-5-2/h4-5H2,1-3H3,(H,10,12)/b9-6+. The Morgan fingerprint density at radius 1 is 1.21 bits per heavy atom. The zero-order chi connectivity index (χ0) is 11.0. The summed E-state index contributed by atoms with van der Waals surface area (Å²) >= 11 is 0. The van der Waals surface area contributed by atoms with Gasteiger partial charge in [-0.05, 0) is 20.8 Å². The molecule has 1 amide bonds. The third-order valence-electron chi connectivity index (χ3n) is 1.16. The van der Waals surface area contributed by atoms with Gasteiger partial charge in [-0.25, -0.2) is 15.0 Å². The van der Waals surface area contributed by atoms with Gasteiger partial charge in [-0.15, -0.1) is 0 Å². The second kappa shape index (κ2) is 6.88. The van der Waals surface area contributed by atoms with E-state index in [0.29, 0.717) is 0 Å². The fourth-order valence-corrected chi connectivity index (χ4v) is 0.574. The number of nitrogens with zero attached hydrogens (tertiary/aromatic N) is 1. The highest BCUT2D eigenvalue weighted by Crippen LogP contribution is 1.84. The van der Waals surface area contributed by atoms with Crippen molar-refractivity contribution in [1.29, 1.82) is 0 Å². The van der Waals surface area contributed by atoms with Crippen LogP contribution in [0.25, 0.3) is 0 Å². The predicted molar refractivity (Wildman–Crippen MR) is 49.9 cm³/mol. The molecule has 0 spiro atoms. The van der Waals surface area contributed by atoms with Crippen molar-refractivity contribution in [3.63, 3.8) is 0 Å². The minimum absolute atomic E-state index is 0.0694. The van der Waals surface area contributed by atoms with Crippen LogP contribution in [0.4, 0.5) is 4.79 Å². The lowest BCUT2D eigenvalue weighted by atomic mass is 10.4. The van der Waals surface area contributed by atoms with E-state index >= 15 is 0 Å². The number of amides is 1. The van der Waals surface area contributed by atoms with Gasteiger partial charge >= 0.3 is 12.1 Å². The van der Waals surface area contributed by atoms with Gasteiger partial charge < -0.3 is 9.47 Å². The molecule has 0 heterocycles. The number of hydrogen-bond donors (Lipinski definition) is 1. The molecule has 0 radical (unpaired) electrons. The lowest BCUT2D eigenvalue weighted by Gasteiger charge is -2.02. The first kappa shape index (κ1) is 12.4. The van der Waals surface area contributed by atoms with Crippen LogP contribution in [0.2, 0.25) is 0 Å². The molecule has 0 aromatic carbocycles. The molecule has 80 valence electrons. The minimum atomic E-state index is -0.698. The molecule has 0 aromatic heterocycles. The van der Waals surface area contributed by atoms with Gasteiger partial charge in [0.2, 0.25) is 0 Å². The van der Waals surface area contributed by atoms with Crippen molar-refractivity contribution in [2.45, 2.75) is 20.8 Å². The summed E-state index contributed by atoms with van der Waals surface area (Å²) in [4.78, 5) is 21.7. The first-order valence-corrected chi connectivity index (χ1v) is 4.26. The van der Waals surface area contributed by atoms with Gasteiger partial charge in [-0.3, -0.25) is 0 Å². The van der Waals surface area contributed by atoms with Crippen LogP contribution in [0.15, 0.2) is 5.10 Å². The monoisotopic (exact) mass is 202 g/mol. The summed E-state index contributed by atoms with van der Waals surface area (Å²) < 4.78 is 9.16. The van der Waals surface area contributed by atoms with Crippen LogP contribution in [0, 0.1) is 0 Å². The molecule has 0 aliphatic heterocycles. The van der Waals surface area contributed by atoms with E-state index in [1.54, 1.807) is 13.8 Å². The summed E-state index contributed by atoms with van der Waals surface area (Å²) in [6.45, 7) is 5.31. The average Bonchev–Trinajstić information content (AvgIpc) is 2.15. The summed E-state index contributed by atoms with van der Waals surface area (Å²) in [6.07, 6.45) is -0.698. The van der Waals surface area contributed by atoms with E-state index in [9.17, 15) is 9.59 Å². The molecule has 0 aromatic rings. The Hall–Kier alpha value is -1.59. The topological polar surface area (TPSA) is 77.0 Å². The highest BCUT2D eigenvalue weighted by atomic mass is 16.6. The summed E-state index contributed by atoms with van der Waals surface area (Å²) in [7, 11) is 0. The van der Waals surface area contributed by atoms with Crippen LogP contribution in [0.5, 0.6) is 0 Å².